The maximum atomic E-state index is 12.8. The second kappa shape index (κ2) is 7.98. The van der Waals surface area contributed by atoms with Gasteiger partial charge in [-0.15, -0.1) is 0 Å². The Balaban J connectivity index is 1.22. The second-order valence-electron chi connectivity index (χ2n) is 8.09. The van der Waals surface area contributed by atoms with E-state index in [1.165, 1.54) is 5.56 Å². The van der Waals surface area contributed by atoms with E-state index in [2.05, 4.69) is 31.7 Å². The Morgan fingerprint density at radius 2 is 2.03 bits per heavy atom. The third kappa shape index (κ3) is 3.71. The average Bonchev–Trinajstić information content (AvgIpc) is 3.45. The van der Waals surface area contributed by atoms with E-state index in [0.29, 0.717) is 30.5 Å². The zero-order valence-corrected chi connectivity index (χ0v) is 17.4. The van der Waals surface area contributed by atoms with Gasteiger partial charge in [0.25, 0.3) is 5.91 Å². The van der Waals surface area contributed by atoms with Gasteiger partial charge in [0, 0.05) is 37.1 Å². The lowest BCUT2D eigenvalue weighted by Gasteiger charge is -2.29. The number of piperidine rings is 1. The van der Waals surface area contributed by atoms with Crippen molar-refractivity contribution in [3.8, 4) is 11.3 Å². The Morgan fingerprint density at radius 1 is 1.23 bits per heavy atom. The first-order chi connectivity index (χ1) is 15.1. The topological polar surface area (TPSA) is 117 Å². The van der Waals surface area contributed by atoms with Gasteiger partial charge < -0.3 is 14.7 Å². The normalized spacial score (nSPS) is 16.0. The quantitative estimate of drug-likeness (QED) is 0.668. The molecule has 1 fully saturated rings. The van der Waals surface area contributed by atoms with Crippen LogP contribution in [0.3, 0.4) is 0 Å². The number of rotatable bonds is 4. The number of nitrogens with one attached hydrogen (secondary N) is 2. The zero-order valence-electron chi connectivity index (χ0n) is 17.4. The van der Waals surface area contributed by atoms with Gasteiger partial charge in [0.15, 0.2) is 5.82 Å². The summed E-state index contributed by atoms with van der Waals surface area (Å²) in [7, 11) is 0. The average molecular weight is 420 g/mol. The number of likely N-dealkylation sites (tertiary alicyclic amines) is 1. The summed E-state index contributed by atoms with van der Waals surface area (Å²) in [6, 6.07) is 8.15. The number of aryl methyl sites for hydroxylation is 1. The molecule has 1 aliphatic heterocycles. The number of amides is 2. The van der Waals surface area contributed by atoms with Gasteiger partial charge in [0.2, 0.25) is 11.8 Å². The first-order valence-electron chi connectivity index (χ1n) is 10.6. The molecule has 31 heavy (non-hydrogen) atoms. The lowest BCUT2D eigenvalue weighted by Crippen LogP contribution is -2.36. The predicted octanol–water partition coefficient (Wildman–Crippen LogP) is 2.21. The van der Waals surface area contributed by atoms with Gasteiger partial charge in [-0.3, -0.25) is 14.7 Å². The summed E-state index contributed by atoms with van der Waals surface area (Å²) in [5.74, 6) is 1.05. The number of hydrogen-bond acceptors (Lipinski definition) is 6. The van der Waals surface area contributed by atoms with Gasteiger partial charge in [-0.05, 0) is 31.2 Å². The molecule has 9 nitrogen and oxygen atoms in total. The van der Waals surface area contributed by atoms with Crippen molar-refractivity contribution in [2.24, 2.45) is 0 Å². The molecule has 1 aromatic carbocycles. The van der Waals surface area contributed by atoms with Gasteiger partial charge in [-0.1, -0.05) is 29.4 Å². The van der Waals surface area contributed by atoms with Crippen LogP contribution >= 0.6 is 0 Å². The summed E-state index contributed by atoms with van der Waals surface area (Å²) in [5.41, 5.74) is 4.61. The number of carbonyl (C=O) groups excluding carboxylic acids is 2. The van der Waals surface area contributed by atoms with E-state index >= 15 is 0 Å². The van der Waals surface area contributed by atoms with Crippen LogP contribution in [0.15, 0.2) is 28.8 Å². The Labute approximate surface area is 179 Å². The molecule has 0 bridgehead atoms. The minimum Gasteiger partial charge on any atom is -0.343 e. The molecule has 2 aliphatic rings. The number of aromatic nitrogens is 4. The molecule has 0 spiro atoms. The first-order valence-corrected chi connectivity index (χ1v) is 10.6. The van der Waals surface area contributed by atoms with Crippen LogP contribution in [-0.2, 0) is 24.2 Å². The molecule has 0 radical (unpaired) electrons. The highest BCUT2D eigenvalue weighted by Crippen LogP contribution is 2.33. The van der Waals surface area contributed by atoms with Gasteiger partial charge in [-0.25, -0.2) is 0 Å². The summed E-state index contributed by atoms with van der Waals surface area (Å²) in [6.07, 6.45) is 3.28. The second-order valence-corrected chi connectivity index (χ2v) is 8.09. The van der Waals surface area contributed by atoms with E-state index < -0.39 is 0 Å². The van der Waals surface area contributed by atoms with Crippen molar-refractivity contribution in [2.75, 3.05) is 13.1 Å². The molecule has 9 heteroatoms. The Hall–Kier alpha value is -3.49. The van der Waals surface area contributed by atoms with Crippen molar-refractivity contribution in [3.63, 3.8) is 0 Å². The van der Waals surface area contributed by atoms with Crippen LogP contribution in [0.2, 0.25) is 0 Å². The van der Waals surface area contributed by atoms with Crippen molar-refractivity contribution >= 4 is 11.8 Å². The van der Waals surface area contributed by atoms with Crippen molar-refractivity contribution in [2.45, 2.75) is 45.1 Å². The monoisotopic (exact) mass is 420 g/mol. The Bertz CT molecular complexity index is 1130. The highest BCUT2D eigenvalue weighted by molar-refractivity contribution is 5.95. The van der Waals surface area contributed by atoms with Gasteiger partial charge >= 0.3 is 0 Å². The molecule has 0 saturated carbocycles. The number of H-pyrrole nitrogens is 1. The molecular formula is C22H24N6O3. The highest BCUT2D eigenvalue weighted by atomic mass is 16.5. The lowest BCUT2D eigenvalue weighted by atomic mass is 9.89. The fourth-order valence-electron chi connectivity index (χ4n) is 4.45. The summed E-state index contributed by atoms with van der Waals surface area (Å²) in [5, 5.41) is 14.2. The van der Waals surface area contributed by atoms with Crippen molar-refractivity contribution < 1.29 is 14.1 Å². The highest BCUT2D eigenvalue weighted by Gasteiger charge is 2.27. The van der Waals surface area contributed by atoms with Crippen LogP contribution in [-0.4, -0.2) is 50.1 Å². The molecule has 2 N–H and O–H groups in total. The lowest BCUT2D eigenvalue weighted by molar-refractivity contribution is -0.129. The summed E-state index contributed by atoms with van der Waals surface area (Å²) < 4.78 is 5.34. The molecule has 5 rings (SSSR count). The van der Waals surface area contributed by atoms with Gasteiger partial charge in [0.05, 0.1) is 12.2 Å². The molecule has 2 amide bonds. The maximum absolute atomic E-state index is 12.8. The van der Waals surface area contributed by atoms with Crippen molar-refractivity contribution in [1.29, 1.82) is 0 Å². The van der Waals surface area contributed by atoms with E-state index in [4.69, 9.17) is 4.52 Å². The smallest absolute Gasteiger partial charge is 0.270 e. The van der Waals surface area contributed by atoms with Crippen LogP contribution in [0.25, 0.3) is 11.3 Å². The molecular weight excluding hydrogens is 396 g/mol. The molecule has 3 aromatic rings. The Morgan fingerprint density at radius 3 is 2.84 bits per heavy atom. The maximum Gasteiger partial charge on any atom is 0.270 e. The van der Waals surface area contributed by atoms with E-state index in [1.807, 2.05) is 23.1 Å². The summed E-state index contributed by atoms with van der Waals surface area (Å²) >= 11 is 0. The van der Waals surface area contributed by atoms with E-state index in [-0.39, 0.29) is 24.3 Å². The minimum atomic E-state index is -0.234. The molecule has 1 saturated heterocycles. The number of hydrogen-bond donors (Lipinski definition) is 2. The van der Waals surface area contributed by atoms with E-state index in [0.717, 1.165) is 42.5 Å². The van der Waals surface area contributed by atoms with Crippen molar-refractivity contribution in [1.82, 2.24) is 30.6 Å². The molecule has 1 aliphatic carbocycles. The molecule has 0 unspecified atom stereocenters. The van der Waals surface area contributed by atoms with E-state index in [1.54, 1.807) is 6.92 Å². The molecule has 0 atom stereocenters. The van der Waals surface area contributed by atoms with Crippen LogP contribution in [0, 0.1) is 0 Å². The first kappa shape index (κ1) is 19.5. The van der Waals surface area contributed by atoms with Crippen molar-refractivity contribution in [3.05, 3.63) is 52.8 Å². The summed E-state index contributed by atoms with van der Waals surface area (Å²) in [4.78, 5) is 30.5. The SMILES string of the molecule is CC(=O)N1CCC(c2noc(CNC(=O)c3[nH]nc4c3CCc3ccccc3-4)n2)CC1. The number of fused-ring (bicyclic) bond motifs is 3. The van der Waals surface area contributed by atoms with E-state index in [9.17, 15) is 9.59 Å². The van der Waals surface area contributed by atoms with Crippen LogP contribution in [0.4, 0.5) is 0 Å². The van der Waals surface area contributed by atoms with Crippen LogP contribution in [0.5, 0.6) is 0 Å². The largest absolute Gasteiger partial charge is 0.343 e. The number of nitrogens with zero attached hydrogens (tertiary/aromatic N) is 4. The summed E-state index contributed by atoms with van der Waals surface area (Å²) in [6.45, 7) is 3.15. The molecule has 2 aromatic heterocycles. The standard InChI is InChI=1S/C22H24N6O3/c1-13(29)28-10-8-15(9-11-28)21-24-18(31-27-21)12-23-22(30)20-17-7-6-14-4-2-3-5-16(14)19(17)25-26-20/h2-5,15H,6-12H2,1H3,(H,23,30)(H,25,26). The Kier molecular flexibility index (Phi) is 5.01. The van der Waals surface area contributed by atoms with Gasteiger partial charge in [-0.2, -0.15) is 10.1 Å². The van der Waals surface area contributed by atoms with Crippen LogP contribution < -0.4 is 5.32 Å². The third-order valence-corrected chi connectivity index (χ3v) is 6.20. The number of carbonyl (C=O) groups is 2. The number of aromatic amines is 1. The molecule has 160 valence electrons. The minimum absolute atomic E-state index is 0.0967. The predicted molar refractivity (Wildman–Crippen MR) is 111 cm³/mol. The molecule has 3 heterocycles. The number of benzene rings is 1. The zero-order chi connectivity index (χ0) is 21.4. The third-order valence-electron chi connectivity index (χ3n) is 6.20. The fourth-order valence-corrected chi connectivity index (χ4v) is 4.45. The fraction of sp³-hybridized carbons (Fsp3) is 0.409. The van der Waals surface area contributed by atoms with Gasteiger partial charge in [0.1, 0.15) is 5.69 Å². The van der Waals surface area contributed by atoms with Crippen LogP contribution in [0.1, 0.15) is 59.0 Å².